The van der Waals surface area contributed by atoms with Crippen LogP contribution >= 0.6 is 0 Å². The number of phenolic OH excluding ortho intramolecular Hbond substituents is 1. The SMILES string of the molecule is CN1CCCC1COc1nc(N2CCN[C@@H](CC#N)C2)c2c(cc(-c3c(O)cccc3F)c3ccoc32)n1. The van der Waals surface area contributed by atoms with E-state index in [0.29, 0.717) is 65.9 Å². The number of nitriles is 1. The van der Waals surface area contributed by atoms with Crippen molar-refractivity contribution in [2.75, 3.05) is 44.7 Å². The fourth-order valence-corrected chi connectivity index (χ4v) is 5.60. The van der Waals surface area contributed by atoms with Crippen LogP contribution in [0.5, 0.6) is 11.8 Å². The van der Waals surface area contributed by atoms with E-state index in [1.54, 1.807) is 18.4 Å². The van der Waals surface area contributed by atoms with Gasteiger partial charge in [0, 0.05) is 42.7 Å². The first-order valence-electron chi connectivity index (χ1n) is 12.9. The summed E-state index contributed by atoms with van der Waals surface area (Å²) in [7, 11) is 2.09. The zero-order valence-electron chi connectivity index (χ0n) is 21.2. The van der Waals surface area contributed by atoms with Crippen molar-refractivity contribution in [1.82, 2.24) is 20.2 Å². The van der Waals surface area contributed by atoms with Crippen molar-refractivity contribution in [2.24, 2.45) is 0 Å². The third-order valence-electron chi connectivity index (χ3n) is 7.59. The van der Waals surface area contributed by atoms with Gasteiger partial charge in [0.05, 0.1) is 35.2 Å². The van der Waals surface area contributed by atoms with Crippen molar-refractivity contribution in [3.05, 3.63) is 42.4 Å². The number of anilines is 1. The highest BCUT2D eigenvalue weighted by Gasteiger charge is 2.28. The van der Waals surface area contributed by atoms with E-state index in [4.69, 9.17) is 19.1 Å². The van der Waals surface area contributed by atoms with Crippen LogP contribution < -0.4 is 15.0 Å². The van der Waals surface area contributed by atoms with Gasteiger partial charge in [0.2, 0.25) is 0 Å². The number of nitrogens with zero attached hydrogens (tertiary/aromatic N) is 5. The summed E-state index contributed by atoms with van der Waals surface area (Å²) in [6.07, 6.45) is 4.10. The average molecular weight is 517 g/mol. The molecule has 2 N–H and O–H groups in total. The minimum atomic E-state index is -0.539. The minimum Gasteiger partial charge on any atom is -0.507 e. The smallest absolute Gasteiger partial charge is 0.319 e. The molecular formula is C28H29FN6O3. The highest BCUT2D eigenvalue weighted by atomic mass is 19.1. The Kier molecular flexibility index (Phi) is 6.47. The van der Waals surface area contributed by atoms with Gasteiger partial charge in [0.25, 0.3) is 0 Å². The van der Waals surface area contributed by atoms with Crippen LogP contribution in [0.4, 0.5) is 10.2 Å². The maximum atomic E-state index is 15.0. The van der Waals surface area contributed by atoms with E-state index in [2.05, 4.69) is 28.2 Å². The lowest BCUT2D eigenvalue weighted by Gasteiger charge is -2.34. The Balaban J connectivity index is 1.52. The van der Waals surface area contributed by atoms with Crippen LogP contribution in [-0.2, 0) is 0 Å². The molecule has 38 heavy (non-hydrogen) atoms. The molecule has 10 heteroatoms. The number of aromatic nitrogens is 2. The van der Waals surface area contributed by atoms with Crippen LogP contribution in [0.3, 0.4) is 0 Å². The molecule has 0 amide bonds. The lowest BCUT2D eigenvalue weighted by molar-refractivity contribution is 0.188. The summed E-state index contributed by atoms with van der Waals surface area (Å²) < 4.78 is 27.1. The summed E-state index contributed by atoms with van der Waals surface area (Å²) >= 11 is 0. The second-order valence-electron chi connectivity index (χ2n) is 9.99. The molecule has 0 radical (unpaired) electrons. The zero-order valence-corrected chi connectivity index (χ0v) is 21.2. The van der Waals surface area contributed by atoms with Crippen molar-refractivity contribution in [2.45, 2.75) is 31.3 Å². The molecule has 6 rings (SSSR count). The number of likely N-dealkylation sites (N-methyl/N-ethyl adjacent to an activating group) is 1. The maximum absolute atomic E-state index is 15.0. The van der Waals surface area contributed by atoms with Gasteiger partial charge < -0.3 is 29.4 Å². The summed E-state index contributed by atoms with van der Waals surface area (Å²) in [5, 5.41) is 24.5. The van der Waals surface area contributed by atoms with Crippen LogP contribution in [0.2, 0.25) is 0 Å². The first-order valence-corrected chi connectivity index (χ1v) is 12.9. The lowest BCUT2D eigenvalue weighted by Crippen LogP contribution is -2.51. The molecule has 2 aliphatic rings. The molecule has 2 aliphatic heterocycles. The molecule has 0 spiro atoms. The summed E-state index contributed by atoms with van der Waals surface area (Å²) in [6, 6.07) is 10.5. The Morgan fingerprint density at radius 3 is 2.97 bits per heavy atom. The molecule has 1 unspecified atom stereocenters. The molecule has 2 atom stereocenters. The standard InChI is InChI=1S/C28H29FN6O3/c1-34-11-3-4-18(34)16-38-28-32-22-14-20(24-21(29)5-2-6-23(24)36)19-8-13-37-26(19)25(22)27(33-28)35-12-10-31-17(15-35)7-9-30/h2,5-6,8,13-14,17-18,31,36H,3-4,7,10-12,15-16H2,1H3/t17-,18?/m0/s1. The third-order valence-corrected chi connectivity index (χ3v) is 7.59. The van der Waals surface area contributed by atoms with E-state index in [1.165, 1.54) is 18.2 Å². The molecule has 4 heterocycles. The molecule has 196 valence electrons. The number of hydrogen-bond acceptors (Lipinski definition) is 9. The first kappa shape index (κ1) is 24.4. The van der Waals surface area contributed by atoms with Crippen molar-refractivity contribution in [3.63, 3.8) is 0 Å². The van der Waals surface area contributed by atoms with Crippen molar-refractivity contribution in [1.29, 1.82) is 5.26 Å². The number of aromatic hydroxyl groups is 1. The monoisotopic (exact) mass is 516 g/mol. The van der Waals surface area contributed by atoms with Gasteiger partial charge in [-0.25, -0.2) is 4.39 Å². The van der Waals surface area contributed by atoms with Crippen LogP contribution in [0.25, 0.3) is 33.0 Å². The number of ether oxygens (including phenoxy) is 1. The summed E-state index contributed by atoms with van der Waals surface area (Å²) in [6.45, 7) is 3.46. The van der Waals surface area contributed by atoms with Gasteiger partial charge in [-0.3, -0.25) is 0 Å². The molecule has 0 aliphatic carbocycles. The number of likely N-dealkylation sites (tertiary alicyclic amines) is 1. The van der Waals surface area contributed by atoms with Gasteiger partial charge in [0.15, 0.2) is 0 Å². The van der Waals surface area contributed by atoms with Gasteiger partial charge in [-0.05, 0) is 50.7 Å². The van der Waals surface area contributed by atoms with Gasteiger partial charge in [-0.2, -0.15) is 15.2 Å². The summed E-state index contributed by atoms with van der Waals surface area (Å²) in [4.78, 5) is 14.0. The van der Waals surface area contributed by atoms with Crippen LogP contribution in [0.1, 0.15) is 19.3 Å². The largest absolute Gasteiger partial charge is 0.507 e. The van der Waals surface area contributed by atoms with E-state index in [9.17, 15) is 14.8 Å². The predicted molar refractivity (Wildman–Crippen MR) is 142 cm³/mol. The van der Waals surface area contributed by atoms with E-state index in [-0.39, 0.29) is 29.4 Å². The molecule has 2 aromatic heterocycles. The second kappa shape index (κ2) is 10.1. The molecule has 4 aromatic rings. The number of nitrogens with one attached hydrogen (secondary N) is 1. The highest BCUT2D eigenvalue weighted by Crippen LogP contribution is 2.42. The number of rotatable bonds is 6. The predicted octanol–water partition coefficient (Wildman–Crippen LogP) is 4.05. The molecular weight excluding hydrogens is 487 g/mol. The fraction of sp³-hybridized carbons (Fsp3) is 0.393. The Bertz CT molecular complexity index is 1510. The molecule has 2 fully saturated rings. The first-order chi connectivity index (χ1) is 18.5. The zero-order chi connectivity index (χ0) is 26.2. The number of fused-ring (bicyclic) bond motifs is 3. The number of hydrogen-bond donors (Lipinski definition) is 2. The number of piperazine rings is 1. The topological polar surface area (TPSA) is 111 Å². The lowest BCUT2D eigenvalue weighted by atomic mass is 9.98. The summed E-state index contributed by atoms with van der Waals surface area (Å²) in [5.41, 5.74) is 1.60. The van der Waals surface area contributed by atoms with Gasteiger partial charge in [-0.15, -0.1) is 0 Å². The number of furan rings is 1. The van der Waals surface area contributed by atoms with Crippen LogP contribution in [-0.4, -0.2) is 71.9 Å². The molecule has 0 saturated carbocycles. The average Bonchev–Trinajstić information content (AvgIpc) is 3.56. The van der Waals surface area contributed by atoms with Crippen molar-refractivity contribution < 1.29 is 18.7 Å². The second-order valence-corrected chi connectivity index (χ2v) is 9.99. The maximum Gasteiger partial charge on any atom is 0.319 e. The van der Waals surface area contributed by atoms with E-state index >= 15 is 0 Å². The van der Waals surface area contributed by atoms with Crippen LogP contribution in [0.15, 0.2) is 41.0 Å². The summed E-state index contributed by atoms with van der Waals surface area (Å²) in [5.74, 6) is -0.0508. The fourth-order valence-electron chi connectivity index (χ4n) is 5.60. The van der Waals surface area contributed by atoms with Crippen LogP contribution in [0, 0.1) is 17.1 Å². The number of phenols is 1. The number of halogens is 1. The van der Waals surface area contributed by atoms with E-state index < -0.39 is 5.82 Å². The quantitative estimate of drug-likeness (QED) is 0.392. The molecule has 9 nitrogen and oxygen atoms in total. The van der Waals surface area contributed by atoms with E-state index in [0.717, 1.165) is 19.4 Å². The number of benzene rings is 2. The Morgan fingerprint density at radius 2 is 2.18 bits per heavy atom. The van der Waals surface area contributed by atoms with Gasteiger partial charge >= 0.3 is 6.01 Å². The minimum absolute atomic E-state index is 0.00278. The Morgan fingerprint density at radius 1 is 1.29 bits per heavy atom. The molecule has 0 bridgehead atoms. The molecule has 2 saturated heterocycles. The van der Waals surface area contributed by atoms with Crippen molar-refractivity contribution >= 4 is 27.7 Å². The van der Waals surface area contributed by atoms with Gasteiger partial charge in [-0.1, -0.05) is 6.07 Å². The van der Waals surface area contributed by atoms with E-state index in [1.807, 2.05) is 0 Å². The normalized spacial score (nSPS) is 20.3. The Hall–Kier alpha value is -3.94. The van der Waals surface area contributed by atoms with Crippen molar-refractivity contribution in [3.8, 4) is 29.0 Å². The van der Waals surface area contributed by atoms with Gasteiger partial charge in [0.1, 0.15) is 29.6 Å². The Labute approximate surface area is 219 Å². The third kappa shape index (κ3) is 4.38. The molecule has 2 aromatic carbocycles. The highest BCUT2D eigenvalue weighted by molar-refractivity contribution is 6.14.